The second-order valence-electron chi connectivity index (χ2n) is 5.84. The minimum absolute atomic E-state index is 0.117. The molecule has 0 saturated heterocycles. The Morgan fingerprint density at radius 2 is 1.41 bits per heavy atom. The monoisotopic (exact) mass is 371 g/mol. The van der Waals surface area contributed by atoms with Crippen LogP contribution in [0, 0.1) is 13.8 Å². The fraction of sp³-hybridized carbons (Fsp3) is 0.250. The number of amides is 1. The highest BCUT2D eigenvalue weighted by molar-refractivity contribution is 5.99. The van der Waals surface area contributed by atoms with Gasteiger partial charge in [-0.25, -0.2) is 9.59 Å². The van der Waals surface area contributed by atoms with E-state index in [-0.39, 0.29) is 23.4 Å². The predicted molar refractivity (Wildman–Crippen MR) is 99.2 cm³/mol. The van der Waals surface area contributed by atoms with Gasteiger partial charge in [-0.15, -0.1) is 0 Å². The molecule has 142 valence electrons. The van der Waals surface area contributed by atoms with Crippen molar-refractivity contribution in [2.24, 2.45) is 0 Å². The van der Waals surface area contributed by atoms with E-state index in [1.807, 2.05) is 32.0 Å². The van der Waals surface area contributed by atoms with Gasteiger partial charge in [0, 0.05) is 5.69 Å². The summed E-state index contributed by atoms with van der Waals surface area (Å²) in [5, 5.41) is 2.61. The molecule has 0 bridgehead atoms. The number of carbonyl (C=O) groups is 3. The lowest BCUT2D eigenvalue weighted by Gasteiger charge is -2.13. The van der Waals surface area contributed by atoms with Crippen LogP contribution in [0.5, 0.6) is 5.75 Å². The van der Waals surface area contributed by atoms with E-state index in [4.69, 9.17) is 4.74 Å². The summed E-state index contributed by atoms with van der Waals surface area (Å²) >= 11 is 0. The second-order valence-corrected chi connectivity index (χ2v) is 5.84. The summed E-state index contributed by atoms with van der Waals surface area (Å²) in [4.78, 5) is 35.8. The Labute approximate surface area is 157 Å². The first-order valence-corrected chi connectivity index (χ1v) is 8.16. The molecule has 0 spiro atoms. The molecular weight excluding hydrogens is 350 g/mol. The summed E-state index contributed by atoms with van der Waals surface area (Å²) < 4.78 is 14.9. The maximum absolute atomic E-state index is 12.2. The maximum Gasteiger partial charge on any atom is 0.337 e. The van der Waals surface area contributed by atoms with Gasteiger partial charge in [-0.3, -0.25) is 4.79 Å². The highest BCUT2D eigenvalue weighted by Gasteiger charge is 2.15. The van der Waals surface area contributed by atoms with Crippen LogP contribution in [0.2, 0.25) is 0 Å². The molecule has 1 N–H and O–H groups in total. The third-order valence-electron chi connectivity index (χ3n) is 3.82. The van der Waals surface area contributed by atoms with E-state index in [0.29, 0.717) is 5.75 Å². The number of anilines is 1. The van der Waals surface area contributed by atoms with Crippen LogP contribution in [0.15, 0.2) is 36.4 Å². The van der Waals surface area contributed by atoms with Crippen molar-refractivity contribution in [3.05, 3.63) is 58.7 Å². The molecule has 2 aromatic rings. The number of esters is 2. The van der Waals surface area contributed by atoms with Crippen LogP contribution >= 0.6 is 0 Å². The zero-order chi connectivity index (χ0) is 20.0. The van der Waals surface area contributed by atoms with Crippen molar-refractivity contribution in [1.82, 2.24) is 0 Å². The van der Waals surface area contributed by atoms with E-state index >= 15 is 0 Å². The van der Waals surface area contributed by atoms with Crippen molar-refractivity contribution in [2.75, 3.05) is 26.1 Å². The molecule has 27 heavy (non-hydrogen) atoms. The smallest absolute Gasteiger partial charge is 0.337 e. The maximum atomic E-state index is 12.2. The molecule has 0 aliphatic carbocycles. The molecule has 0 fully saturated rings. The summed E-state index contributed by atoms with van der Waals surface area (Å²) in [6.07, 6.45) is 0. The van der Waals surface area contributed by atoms with Gasteiger partial charge in [0.1, 0.15) is 5.75 Å². The molecule has 7 heteroatoms. The van der Waals surface area contributed by atoms with Crippen LogP contribution in [0.4, 0.5) is 5.69 Å². The van der Waals surface area contributed by atoms with Crippen LogP contribution in [0.1, 0.15) is 31.8 Å². The molecular formula is C20H21NO6. The quantitative estimate of drug-likeness (QED) is 0.785. The predicted octanol–water partition coefficient (Wildman–Crippen LogP) is 2.89. The number of nitrogens with one attached hydrogen (secondary N) is 1. The van der Waals surface area contributed by atoms with Gasteiger partial charge in [0.15, 0.2) is 6.61 Å². The summed E-state index contributed by atoms with van der Waals surface area (Å²) in [5.74, 6) is -1.06. The molecule has 1 amide bonds. The lowest BCUT2D eigenvalue weighted by molar-refractivity contribution is -0.118. The van der Waals surface area contributed by atoms with Crippen molar-refractivity contribution in [1.29, 1.82) is 0 Å². The van der Waals surface area contributed by atoms with E-state index in [1.54, 1.807) is 0 Å². The number of benzene rings is 2. The highest BCUT2D eigenvalue weighted by atomic mass is 16.5. The van der Waals surface area contributed by atoms with Crippen molar-refractivity contribution in [3.63, 3.8) is 0 Å². The van der Waals surface area contributed by atoms with Crippen molar-refractivity contribution in [3.8, 4) is 5.75 Å². The van der Waals surface area contributed by atoms with Gasteiger partial charge in [0.25, 0.3) is 5.91 Å². The first kappa shape index (κ1) is 20.0. The Balaban J connectivity index is 2.16. The molecule has 2 aromatic carbocycles. The molecule has 0 aliphatic rings. The SMILES string of the molecule is COC(=O)c1cc(NC(=O)COc2c(C)cccc2C)cc(C(=O)OC)c1. The van der Waals surface area contributed by atoms with E-state index in [9.17, 15) is 14.4 Å². The molecule has 0 aromatic heterocycles. The average Bonchev–Trinajstić information content (AvgIpc) is 2.65. The summed E-state index contributed by atoms with van der Waals surface area (Å²) in [5.41, 5.74) is 2.33. The Morgan fingerprint density at radius 3 is 1.89 bits per heavy atom. The third kappa shape index (κ3) is 5.07. The van der Waals surface area contributed by atoms with Gasteiger partial charge in [-0.05, 0) is 43.2 Å². The first-order chi connectivity index (χ1) is 12.8. The van der Waals surface area contributed by atoms with Gasteiger partial charge in [0.2, 0.25) is 0 Å². The fourth-order valence-electron chi connectivity index (χ4n) is 2.53. The standard InChI is InChI=1S/C20H21NO6/c1-12-6-5-7-13(2)18(12)27-11-17(22)21-16-9-14(19(23)25-3)8-15(10-16)20(24)26-4/h5-10H,11H2,1-4H3,(H,21,22). The molecule has 0 radical (unpaired) electrons. The van der Waals surface area contributed by atoms with Crippen molar-refractivity contribution < 1.29 is 28.6 Å². The number of hydrogen-bond acceptors (Lipinski definition) is 6. The molecule has 7 nitrogen and oxygen atoms in total. The van der Waals surface area contributed by atoms with Crippen LogP contribution in [0.3, 0.4) is 0 Å². The molecule has 0 unspecified atom stereocenters. The summed E-state index contributed by atoms with van der Waals surface area (Å²) in [7, 11) is 2.45. The Hall–Kier alpha value is -3.35. The van der Waals surface area contributed by atoms with Gasteiger partial charge in [-0.2, -0.15) is 0 Å². The van der Waals surface area contributed by atoms with Gasteiger partial charge < -0.3 is 19.5 Å². The highest BCUT2D eigenvalue weighted by Crippen LogP contribution is 2.22. The summed E-state index contributed by atoms with van der Waals surface area (Å²) in [6.45, 7) is 3.56. The van der Waals surface area contributed by atoms with Crippen LogP contribution < -0.4 is 10.1 Å². The number of carbonyl (C=O) groups excluding carboxylic acids is 3. The van der Waals surface area contributed by atoms with Gasteiger partial charge in [-0.1, -0.05) is 18.2 Å². The number of rotatable bonds is 6. The van der Waals surface area contributed by atoms with Gasteiger partial charge >= 0.3 is 11.9 Å². The molecule has 0 atom stereocenters. The fourth-order valence-corrected chi connectivity index (χ4v) is 2.53. The zero-order valence-corrected chi connectivity index (χ0v) is 15.6. The van der Waals surface area contributed by atoms with E-state index in [2.05, 4.69) is 14.8 Å². The van der Waals surface area contributed by atoms with Crippen LogP contribution in [0.25, 0.3) is 0 Å². The van der Waals surface area contributed by atoms with Crippen molar-refractivity contribution in [2.45, 2.75) is 13.8 Å². The first-order valence-electron chi connectivity index (χ1n) is 8.16. The number of methoxy groups -OCH3 is 2. The number of ether oxygens (including phenoxy) is 3. The largest absolute Gasteiger partial charge is 0.483 e. The van der Waals surface area contributed by atoms with E-state index in [0.717, 1.165) is 11.1 Å². The minimum atomic E-state index is -0.636. The Kier molecular flexibility index (Phi) is 6.54. The summed E-state index contributed by atoms with van der Waals surface area (Å²) in [6, 6.07) is 9.85. The number of aryl methyl sites for hydroxylation is 2. The van der Waals surface area contributed by atoms with E-state index < -0.39 is 17.8 Å². The van der Waals surface area contributed by atoms with Crippen molar-refractivity contribution >= 4 is 23.5 Å². The minimum Gasteiger partial charge on any atom is -0.483 e. The topological polar surface area (TPSA) is 90.9 Å². The normalized spacial score (nSPS) is 10.1. The number of para-hydroxylation sites is 1. The van der Waals surface area contributed by atoms with E-state index in [1.165, 1.54) is 32.4 Å². The zero-order valence-electron chi connectivity index (χ0n) is 15.6. The van der Waals surface area contributed by atoms with Gasteiger partial charge in [0.05, 0.1) is 25.3 Å². The average molecular weight is 371 g/mol. The Bertz CT molecular complexity index is 820. The lowest BCUT2D eigenvalue weighted by atomic mass is 10.1. The molecule has 0 aliphatic heterocycles. The second kappa shape index (κ2) is 8.84. The van der Waals surface area contributed by atoms with Crippen LogP contribution in [-0.2, 0) is 14.3 Å². The van der Waals surface area contributed by atoms with Crippen LogP contribution in [-0.4, -0.2) is 38.7 Å². The third-order valence-corrected chi connectivity index (χ3v) is 3.82. The molecule has 0 heterocycles. The lowest BCUT2D eigenvalue weighted by Crippen LogP contribution is -2.21. The molecule has 0 saturated carbocycles. The Morgan fingerprint density at radius 1 is 0.889 bits per heavy atom. The number of hydrogen-bond donors (Lipinski definition) is 1. The molecule has 2 rings (SSSR count).